The Bertz CT molecular complexity index is 1660. The number of anilines is 1. The zero-order valence-corrected chi connectivity index (χ0v) is 18.9. The molecule has 6 rings (SSSR count). The van der Waals surface area contributed by atoms with E-state index in [2.05, 4.69) is 9.97 Å². The Morgan fingerprint density at radius 2 is 1.66 bits per heavy atom. The molecule has 0 bridgehead atoms. The van der Waals surface area contributed by atoms with Gasteiger partial charge >= 0.3 is 5.91 Å². The van der Waals surface area contributed by atoms with Crippen LogP contribution >= 0.6 is 0 Å². The van der Waals surface area contributed by atoms with Gasteiger partial charge in [-0.25, -0.2) is 4.98 Å². The number of amides is 1. The molecule has 1 unspecified atom stereocenters. The van der Waals surface area contributed by atoms with E-state index in [1.54, 1.807) is 6.07 Å². The number of aliphatic hydroxyl groups is 1. The molecule has 1 aliphatic rings. The van der Waals surface area contributed by atoms with E-state index in [9.17, 15) is 14.7 Å². The fourth-order valence-electron chi connectivity index (χ4n) is 4.80. The fraction of sp³-hybridized carbons (Fsp3) is 0.0690. The highest BCUT2D eigenvalue weighted by Gasteiger charge is 2.48. The van der Waals surface area contributed by atoms with Crippen molar-refractivity contribution in [3.05, 3.63) is 113 Å². The average molecular weight is 460 g/mol. The lowest BCUT2D eigenvalue weighted by atomic mass is 9.93. The molecule has 1 saturated heterocycles. The van der Waals surface area contributed by atoms with Crippen molar-refractivity contribution in [2.75, 3.05) is 4.90 Å². The number of nitrogens with one attached hydrogen (secondary N) is 1. The molecule has 5 aromatic rings. The summed E-state index contributed by atoms with van der Waals surface area (Å²) in [7, 11) is 0. The summed E-state index contributed by atoms with van der Waals surface area (Å²) in [6.45, 7) is 1.97. The summed E-state index contributed by atoms with van der Waals surface area (Å²) < 4.78 is 0. The normalized spacial score (nSPS) is 17.5. The molecular weight excluding hydrogens is 438 g/mol. The highest BCUT2D eigenvalue weighted by molar-refractivity contribution is 6.51. The second-order valence-electron chi connectivity index (χ2n) is 8.69. The summed E-state index contributed by atoms with van der Waals surface area (Å²) in [5.41, 5.74) is 3.74. The molecule has 1 aromatic heterocycles. The number of H-pyrrole nitrogens is 1. The topological polar surface area (TPSA) is 86.3 Å². The van der Waals surface area contributed by atoms with Crippen molar-refractivity contribution in [2.24, 2.45) is 0 Å². The number of aliphatic hydroxyl groups excluding tert-OH is 1. The van der Waals surface area contributed by atoms with Crippen LogP contribution in [0.5, 0.6) is 0 Å². The fourth-order valence-corrected chi connectivity index (χ4v) is 4.80. The quantitative estimate of drug-likeness (QED) is 0.207. The van der Waals surface area contributed by atoms with E-state index in [-0.39, 0.29) is 17.3 Å². The molecule has 1 aliphatic heterocycles. The van der Waals surface area contributed by atoms with E-state index in [1.165, 1.54) is 4.90 Å². The minimum atomic E-state index is -0.836. The summed E-state index contributed by atoms with van der Waals surface area (Å²) in [6.07, 6.45) is 0. The lowest BCUT2D eigenvalue weighted by Gasteiger charge is -2.23. The van der Waals surface area contributed by atoms with Gasteiger partial charge in [0.2, 0.25) is 5.95 Å². The Morgan fingerprint density at radius 3 is 2.49 bits per heavy atom. The summed E-state index contributed by atoms with van der Waals surface area (Å²) in [5, 5.41) is 13.3. The molecule has 4 aromatic carbocycles. The van der Waals surface area contributed by atoms with Gasteiger partial charge in [-0.3, -0.25) is 14.5 Å². The van der Waals surface area contributed by atoms with Crippen LogP contribution < -0.4 is 4.90 Å². The zero-order chi connectivity index (χ0) is 24.1. The molecule has 0 saturated carbocycles. The summed E-state index contributed by atoms with van der Waals surface area (Å²) in [4.78, 5) is 36.0. The van der Waals surface area contributed by atoms with Crippen LogP contribution in [0.3, 0.4) is 0 Å². The molecular formula is C29H21N3O3. The van der Waals surface area contributed by atoms with E-state index in [1.807, 2.05) is 91.9 Å². The highest BCUT2D eigenvalue weighted by atomic mass is 16.3. The first-order valence-electron chi connectivity index (χ1n) is 11.3. The molecule has 1 atom stereocenters. The first-order valence-corrected chi connectivity index (χ1v) is 11.3. The molecule has 2 N–H and O–H groups in total. The smallest absolute Gasteiger partial charge is 0.302 e. The Kier molecular flexibility index (Phi) is 4.74. The largest absolute Gasteiger partial charge is 0.507 e. The first kappa shape index (κ1) is 20.9. The van der Waals surface area contributed by atoms with Crippen molar-refractivity contribution in [3.8, 4) is 0 Å². The minimum Gasteiger partial charge on any atom is -0.507 e. The van der Waals surface area contributed by atoms with Gasteiger partial charge in [-0.15, -0.1) is 0 Å². The van der Waals surface area contributed by atoms with Gasteiger partial charge in [-0.2, -0.15) is 0 Å². The number of ketones is 1. The van der Waals surface area contributed by atoms with Gasteiger partial charge in [0.1, 0.15) is 5.76 Å². The first-order chi connectivity index (χ1) is 17.0. The van der Waals surface area contributed by atoms with Crippen molar-refractivity contribution in [3.63, 3.8) is 0 Å². The molecule has 0 radical (unpaired) electrons. The van der Waals surface area contributed by atoms with Crippen LogP contribution in [-0.4, -0.2) is 26.8 Å². The molecule has 35 heavy (non-hydrogen) atoms. The van der Waals surface area contributed by atoms with Gasteiger partial charge in [-0.05, 0) is 41.0 Å². The van der Waals surface area contributed by atoms with Crippen LogP contribution in [-0.2, 0) is 9.59 Å². The predicted molar refractivity (Wildman–Crippen MR) is 136 cm³/mol. The van der Waals surface area contributed by atoms with E-state index in [0.717, 1.165) is 21.9 Å². The summed E-state index contributed by atoms with van der Waals surface area (Å²) >= 11 is 0. The van der Waals surface area contributed by atoms with Crippen LogP contribution in [0.4, 0.5) is 5.95 Å². The van der Waals surface area contributed by atoms with Crippen molar-refractivity contribution in [1.29, 1.82) is 0 Å². The standard InChI is InChI=1S/C29H21N3O3/c1-17-14-15-22-23(16-17)31-29(30-22)32-25(19-9-3-2-4-10-19)24(27(34)28(32)35)26(33)21-13-7-11-18-8-5-6-12-20(18)21/h2-16,25,33H,1H3,(H,30,31)/b26-24+. The number of hydrogen-bond acceptors (Lipinski definition) is 4. The van der Waals surface area contributed by atoms with Gasteiger partial charge < -0.3 is 10.1 Å². The summed E-state index contributed by atoms with van der Waals surface area (Å²) in [5.74, 6) is -1.43. The number of imidazole rings is 1. The van der Waals surface area contributed by atoms with E-state index in [4.69, 9.17) is 0 Å². The highest BCUT2D eigenvalue weighted by Crippen LogP contribution is 2.42. The van der Waals surface area contributed by atoms with Gasteiger partial charge in [0.15, 0.2) is 0 Å². The number of Topliss-reactive ketones (excluding diaryl/α,β-unsaturated/α-hetero) is 1. The van der Waals surface area contributed by atoms with Gasteiger partial charge in [0.25, 0.3) is 5.78 Å². The number of rotatable bonds is 3. The van der Waals surface area contributed by atoms with Gasteiger partial charge in [0, 0.05) is 5.56 Å². The number of benzene rings is 4. The lowest BCUT2D eigenvalue weighted by molar-refractivity contribution is -0.132. The van der Waals surface area contributed by atoms with Crippen molar-refractivity contribution < 1.29 is 14.7 Å². The Morgan fingerprint density at radius 1 is 0.914 bits per heavy atom. The molecule has 1 amide bonds. The second-order valence-corrected chi connectivity index (χ2v) is 8.69. The van der Waals surface area contributed by atoms with Crippen LogP contribution in [0.25, 0.3) is 27.6 Å². The number of carbonyl (C=O) groups is 2. The Hall–Kier alpha value is -4.71. The van der Waals surface area contributed by atoms with Crippen molar-refractivity contribution in [1.82, 2.24) is 9.97 Å². The number of aromatic amines is 1. The maximum absolute atomic E-state index is 13.4. The number of aromatic nitrogens is 2. The molecule has 0 aliphatic carbocycles. The van der Waals surface area contributed by atoms with E-state index >= 15 is 0 Å². The van der Waals surface area contributed by atoms with Crippen LogP contribution in [0.15, 0.2) is 96.6 Å². The maximum atomic E-state index is 13.4. The number of fused-ring (bicyclic) bond motifs is 2. The number of aryl methyl sites for hydroxylation is 1. The Balaban J connectivity index is 1.60. The predicted octanol–water partition coefficient (Wildman–Crippen LogP) is 5.65. The maximum Gasteiger partial charge on any atom is 0.302 e. The number of hydrogen-bond donors (Lipinski definition) is 2. The third kappa shape index (κ3) is 3.30. The van der Waals surface area contributed by atoms with E-state index in [0.29, 0.717) is 16.6 Å². The minimum absolute atomic E-state index is 0.0363. The van der Waals surface area contributed by atoms with Crippen LogP contribution in [0, 0.1) is 6.92 Å². The SMILES string of the molecule is Cc1ccc2nc(N3C(=O)C(=O)/C(=C(/O)c4cccc5ccccc45)C3c3ccccc3)[nH]c2c1. The monoisotopic (exact) mass is 459 g/mol. The molecule has 0 spiro atoms. The van der Waals surface area contributed by atoms with Gasteiger partial charge in [-0.1, -0.05) is 78.9 Å². The number of carbonyl (C=O) groups excluding carboxylic acids is 2. The Labute approximate surface area is 201 Å². The van der Waals surface area contributed by atoms with Crippen molar-refractivity contribution >= 4 is 45.2 Å². The molecule has 6 nitrogen and oxygen atoms in total. The third-order valence-electron chi connectivity index (χ3n) is 6.46. The molecule has 2 heterocycles. The number of nitrogens with zero attached hydrogens (tertiary/aromatic N) is 2. The van der Waals surface area contributed by atoms with Crippen molar-refractivity contribution in [2.45, 2.75) is 13.0 Å². The molecule has 6 heteroatoms. The lowest BCUT2D eigenvalue weighted by Crippen LogP contribution is -2.30. The van der Waals surface area contributed by atoms with Crippen LogP contribution in [0.1, 0.15) is 22.7 Å². The molecule has 1 fully saturated rings. The second kappa shape index (κ2) is 7.95. The third-order valence-corrected chi connectivity index (χ3v) is 6.46. The molecule has 170 valence electrons. The zero-order valence-electron chi connectivity index (χ0n) is 18.9. The van der Waals surface area contributed by atoms with Gasteiger partial charge in [0.05, 0.1) is 22.6 Å². The van der Waals surface area contributed by atoms with Crippen LogP contribution in [0.2, 0.25) is 0 Å². The average Bonchev–Trinajstić information content (AvgIpc) is 3.41. The van der Waals surface area contributed by atoms with E-state index < -0.39 is 17.7 Å². The summed E-state index contributed by atoms with van der Waals surface area (Å²) in [6, 6.07) is 27.3.